The van der Waals surface area contributed by atoms with Crippen LogP contribution in [0.1, 0.15) is 26.7 Å². The van der Waals surface area contributed by atoms with Gasteiger partial charge in [-0.3, -0.25) is 0 Å². The molecule has 0 bridgehead atoms. The molecule has 0 unspecified atom stereocenters. The van der Waals surface area contributed by atoms with E-state index in [1.165, 1.54) is 12.8 Å². The van der Waals surface area contributed by atoms with Gasteiger partial charge >= 0.3 is 0 Å². The molecule has 0 saturated carbocycles. The van der Waals surface area contributed by atoms with Crippen molar-refractivity contribution in [3.8, 4) is 0 Å². The van der Waals surface area contributed by atoms with Gasteiger partial charge in [-0.2, -0.15) is 0 Å². The molecule has 44 valence electrons. The number of halogens is 1. The Hall–Kier alpha value is 0.220. The van der Waals surface area contributed by atoms with Crippen molar-refractivity contribution in [1.29, 1.82) is 0 Å². The lowest BCUT2D eigenvalue weighted by atomic mass is 10.4. The van der Waals surface area contributed by atoms with Crippen LogP contribution in [0.2, 0.25) is 0 Å². The normalized spacial score (nSPS) is 8.86. The zero-order valence-electron chi connectivity index (χ0n) is 4.98. The maximum atomic E-state index is 2.18. The largest absolute Gasteiger partial charge is 0.114 e. The molecule has 0 aromatic carbocycles. The van der Waals surface area contributed by atoms with Crippen molar-refractivity contribution in [2.24, 2.45) is 0 Å². The minimum absolute atomic E-state index is 0. The van der Waals surface area contributed by atoms with Crippen molar-refractivity contribution >= 4 is 17.0 Å². The van der Waals surface area contributed by atoms with Crippen LogP contribution in [-0.2, 0) is 0 Å². The molecule has 0 fully saturated rings. The van der Waals surface area contributed by atoms with Crippen molar-refractivity contribution in [2.75, 3.05) is 0 Å². The summed E-state index contributed by atoms with van der Waals surface area (Å²) >= 11 is 0. The molecule has 0 atom stereocenters. The van der Waals surface area contributed by atoms with E-state index < -0.39 is 0 Å². The van der Waals surface area contributed by atoms with Crippen molar-refractivity contribution in [3.05, 3.63) is 12.2 Å². The number of rotatable bonds is 2. The summed E-state index contributed by atoms with van der Waals surface area (Å²) in [5, 5.41) is 0. The van der Waals surface area contributed by atoms with Crippen LogP contribution in [0, 0.1) is 0 Å². The highest BCUT2D eigenvalue weighted by Crippen LogP contribution is 1.81. The lowest BCUT2D eigenvalue weighted by Gasteiger charge is -1.72. The van der Waals surface area contributed by atoms with Gasteiger partial charge in [-0.25, -0.2) is 0 Å². The molecule has 0 spiro atoms. The first kappa shape index (κ1) is 10.3. The van der Waals surface area contributed by atoms with E-state index in [4.69, 9.17) is 0 Å². The average Bonchev–Trinajstić information content (AvgIpc) is 1.61. The molecule has 0 aliphatic rings. The molecule has 1 heteroatoms. The van der Waals surface area contributed by atoms with Gasteiger partial charge in [-0.1, -0.05) is 26.0 Å². The number of hydrogen-bond donors (Lipinski definition) is 0. The van der Waals surface area contributed by atoms with Gasteiger partial charge in [0, 0.05) is 0 Å². The first-order valence-corrected chi connectivity index (χ1v) is 2.56. The zero-order chi connectivity index (χ0) is 4.83. The Bertz CT molecular complexity index is 33.4. The fraction of sp³-hybridized carbons (Fsp3) is 0.667. The van der Waals surface area contributed by atoms with E-state index in [-0.39, 0.29) is 17.0 Å². The Morgan fingerprint density at radius 3 is 1.43 bits per heavy atom. The Morgan fingerprint density at radius 2 is 1.29 bits per heavy atom. The van der Waals surface area contributed by atoms with E-state index in [0.29, 0.717) is 0 Å². The average molecular weight is 165 g/mol. The summed E-state index contributed by atoms with van der Waals surface area (Å²) in [7, 11) is 0. The standard InChI is InChI=1S/C6H12.BrH/c1-3-5-6-4-2;/h5-6H,3-4H2,1-2H3;1H. The zero-order valence-corrected chi connectivity index (χ0v) is 6.69. The Morgan fingerprint density at radius 1 is 1.00 bits per heavy atom. The van der Waals surface area contributed by atoms with E-state index >= 15 is 0 Å². The van der Waals surface area contributed by atoms with E-state index in [9.17, 15) is 0 Å². The van der Waals surface area contributed by atoms with Crippen LogP contribution in [0.4, 0.5) is 0 Å². The minimum atomic E-state index is 0. The molecule has 0 heterocycles. The summed E-state index contributed by atoms with van der Waals surface area (Å²) in [6, 6.07) is 0. The molecule has 0 rings (SSSR count). The molecular weight excluding hydrogens is 152 g/mol. The lowest BCUT2D eigenvalue weighted by Crippen LogP contribution is -1.51. The number of allylic oxidation sites excluding steroid dienone is 2. The Kier molecular flexibility index (Phi) is 13.9. The molecule has 0 aromatic heterocycles. The topological polar surface area (TPSA) is 0 Å². The molecular formula is C6H13Br. The Labute approximate surface area is 56.4 Å². The van der Waals surface area contributed by atoms with Gasteiger partial charge in [-0.05, 0) is 12.8 Å². The van der Waals surface area contributed by atoms with Gasteiger partial charge in [0.2, 0.25) is 0 Å². The smallest absolute Gasteiger partial charge is 0.0379 e. The predicted molar refractivity (Wildman–Crippen MR) is 40.0 cm³/mol. The van der Waals surface area contributed by atoms with Gasteiger partial charge in [-0.15, -0.1) is 17.0 Å². The van der Waals surface area contributed by atoms with E-state index in [1.54, 1.807) is 0 Å². The van der Waals surface area contributed by atoms with Crippen LogP contribution < -0.4 is 0 Å². The van der Waals surface area contributed by atoms with Crippen molar-refractivity contribution in [3.63, 3.8) is 0 Å². The van der Waals surface area contributed by atoms with Crippen LogP contribution >= 0.6 is 17.0 Å². The summed E-state index contributed by atoms with van der Waals surface area (Å²) in [5.74, 6) is 0. The molecule has 7 heavy (non-hydrogen) atoms. The Balaban J connectivity index is 0. The second kappa shape index (κ2) is 9.52. The second-order valence-corrected chi connectivity index (χ2v) is 1.29. The molecule has 0 saturated heterocycles. The molecule has 0 nitrogen and oxygen atoms in total. The highest BCUT2D eigenvalue weighted by atomic mass is 79.9. The third-order valence-corrected chi connectivity index (χ3v) is 0.638. The minimum Gasteiger partial charge on any atom is -0.114 e. The van der Waals surface area contributed by atoms with Crippen LogP contribution in [0.15, 0.2) is 12.2 Å². The van der Waals surface area contributed by atoms with Crippen LogP contribution in [0.3, 0.4) is 0 Å². The summed E-state index contributed by atoms with van der Waals surface area (Å²) < 4.78 is 0. The van der Waals surface area contributed by atoms with Crippen molar-refractivity contribution in [1.82, 2.24) is 0 Å². The third-order valence-electron chi connectivity index (χ3n) is 0.638. The molecule has 0 amide bonds. The molecule has 0 aliphatic carbocycles. The molecule has 0 aromatic rings. The molecule has 0 aliphatic heterocycles. The first-order valence-electron chi connectivity index (χ1n) is 2.56. The van der Waals surface area contributed by atoms with Crippen molar-refractivity contribution < 1.29 is 0 Å². The van der Waals surface area contributed by atoms with Crippen LogP contribution in [0.25, 0.3) is 0 Å². The fourth-order valence-electron chi connectivity index (χ4n) is 0.333. The first-order chi connectivity index (χ1) is 2.91. The van der Waals surface area contributed by atoms with Gasteiger partial charge in [0.05, 0.1) is 0 Å². The maximum Gasteiger partial charge on any atom is -0.0379 e. The third kappa shape index (κ3) is 10.7. The maximum absolute atomic E-state index is 2.18. The fourth-order valence-corrected chi connectivity index (χ4v) is 0.333. The molecule has 0 N–H and O–H groups in total. The quantitative estimate of drug-likeness (QED) is 0.552. The second-order valence-electron chi connectivity index (χ2n) is 1.29. The van der Waals surface area contributed by atoms with E-state index in [1.807, 2.05) is 0 Å². The van der Waals surface area contributed by atoms with Gasteiger partial charge < -0.3 is 0 Å². The van der Waals surface area contributed by atoms with Gasteiger partial charge in [0.25, 0.3) is 0 Å². The SMILES string of the molecule is Br.CCC=CCC. The van der Waals surface area contributed by atoms with Crippen LogP contribution in [-0.4, -0.2) is 0 Å². The van der Waals surface area contributed by atoms with E-state index in [0.717, 1.165) is 0 Å². The van der Waals surface area contributed by atoms with Crippen LogP contribution in [0.5, 0.6) is 0 Å². The summed E-state index contributed by atoms with van der Waals surface area (Å²) in [4.78, 5) is 0. The summed E-state index contributed by atoms with van der Waals surface area (Å²) in [6.45, 7) is 4.29. The summed E-state index contributed by atoms with van der Waals surface area (Å²) in [5.41, 5.74) is 0. The van der Waals surface area contributed by atoms with Gasteiger partial charge in [0.1, 0.15) is 0 Å². The highest BCUT2D eigenvalue weighted by molar-refractivity contribution is 8.93. The van der Waals surface area contributed by atoms with Gasteiger partial charge in [0.15, 0.2) is 0 Å². The lowest BCUT2D eigenvalue weighted by molar-refractivity contribution is 1.16. The van der Waals surface area contributed by atoms with Crippen molar-refractivity contribution in [2.45, 2.75) is 26.7 Å². The predicted octanol–water partition coefficient (Wildman–Crippen LogP) is 2.94. The molecule has 0 radical (unpaired) electrons. The highest BCUT2D eigenvalue weighted by Gasteiger charge is 1.60. The van der Waals surface area contributed by atoms with E-state index in [2.05, 4.69) is 26.0 Å². The summed E-state index contributed by atoms with van der Waals surface area (Å²) in [6.07, 6.45) is 6.71. The number of hydrogen-bond acceptors (Lipinski definition) is 0. The monoisotopic (exact) mass is 164 g/mol.